The van der Waals surface area contributed by atoms with Crippen molar-refractivity contribution in [2.45, 2.75) is 18.3 Å². The monoisotopic (exact) mass is 268 g/mol. The van der Waals surface area contributed by atoms with Gasteiger partial charge in [0.25, 0.3) is 0 Å². The zero-order valence-corrected chi connectivity index (χ0v) is 10.1. The highest BCUT2D eigenvalue weighted by molar-refractivity contribution is 7.98. The average Bonchev–Trinajstić information content (AvgIpc) is 2.24. The Balaban J connectivity index is 2.46. The minimum absolute atomic E-state index is 0.595. The number of halogens is 4. The van der Waals surface area contributed by atoms with Crippen LogP contribution in [0.3, 0.4) is 0 Å². The van der Waals surface area contributed by atoms with Crippen LogP contribution in [0.2, 0.25) is 0 Å². The SMILES string of the molecule is FC(F)(F)c1ccc(CSCCCCl)cc1. The summed E-state index contributed by atoms with van der Waals surface area (Å²) in [5, 5.41) is 0. The molecule has 1 rings (SSSR count). The van der Waals surface area contributed by atoms with Crippen LogP contribution in [0.1, 0.15) is 17.5 Å². The number of alkyl halides is 4. The fourth-order valence-corrected chi connectivity index (χ4v) is 2.35. The Kier molecular flexibility index (Phi) is 5.49. The van der Waals surface area contributed by atoms with Crippen LogP contribution in [0, 0.1) is 0 Å². The molecule has 1 aromatic carbocycles. The molecular formula is C11H12ClF3S. The van der Waals surface area contributed by atoms with Gasteiger partial charge in [0.15, 0.2) is 0 Å². The van der Waals surface area contributed by atoms with Gasteiger partial charge in [-0.05, 0) is 29.9 Å². The van der Waals surface area contributed by atoms with Crippen molar-refractivity contribution in [2.75, 3.05) is 11.6 Å². The fraction of sp³-hybridized carbons (Fsp3) is 0.455. The third-order valence-corrected chi connectivity index (χ3v) is 3.35. The molecule has 0 aliphatic carbocycles. The molecule has 0 saturated carbocycles. The Labute approximate surface area is 102 Å². The molecule has 0 fully saturated rings. The first-order valence-corrected chi connectivity index (χ1v) is 6.53. The molecule has 0 aromatic heterocycles. The average molecular weight is 269 g/mol. The van der Waals surface area contributed by atoms with Gasteiger partial charge in [0.1, 0.15) is 0 Å². The smallest absolute Gasteiger partial charge is 0.166 e. The van der Waals surface area contributed by atoms with Gasteiger partial charge < -0.3 is 0 Å². The van der Waals surface area contributed by atoms with Crippen molar-refractivity contribution in [1.82, 2.24) is 0 Å². The van der Waals surface area contributed by atoms with E-state index < -0.39 is 11.7 Å². The van der Waals surface area contributed by atoms with E-state index in [-0.39, 0.29) is 0 Å². The van der Waals surface area contributed by atoms with E-state index in [0.29, 0.717) is 5.88 Å². The summed E-state index contributed by atoms with van der Waals surface area (Å²) in [6.07, 6.45) is -3.32. The Hall–Kier alpha value is -0.350. The van der Waals surface area contributed by atoms with E-state index in [4.69, 9.17) is 11.6 Å². The lowest BCUT2D eigenvalue weighted by atomic mass is 10.1. The van der Waals surface area contributed by atoms with E-state index in [1.54, 1.807) is 11.8 Å². The van der Waals surface area contributed by atoms with Crippen molar-refractivity contribution >= 4 is 23.4 Å². The van der Waals surface area contributed by atoms with E-state index in [1.165, 1.54) is 12.1 Å². The number of hydrogen-bond acceptors (Lipinski definition) is 1. The summed E-state index contributed by atoms with van der Waals surface area (Å²) in [6.45, 7) is 0. The topological polar surface area (TPSA) is 0 Å². The van der Waals surface area contributed by atoms with E-state index in [9.17, 15) is 13.2 Å². The molecule has 0 aliphatic heterocycles. The van der Waals surface area contributed by atoms with Crippen LogP contribution >= 0.6 is 23.4 Å². The maximum Gasteiger partial charge on any atom is 0.416 e. The maximum absolute atomic E-state index is 12.3. The molecule has 0 saturated heterocycles. The molecule has 90 valence electrons. The van der Waals surface area contributed by atoms with Crippen LogP contribution in [0.25, 0.3) is 0 Å². The van der Waals surface area contributed by atoms with Crippen LogP contribution in [-0.2, 0) is 11.9 Å². The molecule has 0 heterocycles. The van der Waals surface area contributed by atoms with Crippen molar-refractivity contribution in [2.24, 2.45) is 0 Å². The largest absolute Gasteiger partial charge is 0.416 e. The summed E-state index contributed by atoms with van der Waals surface area (Å²) < 4.78 is 36.8. The van der Waals surface area contributed by atoms with Crippen molar-refractivity contribution in [3.05, 3.63) is 35.4 Å². The third kappa shape index (κ3) is 4.66. The Morgan fingerprint density at radius 1 is 1.12 bits per heavy atom. The molecule has 0 radical (unpaired) electrons. The summed E-state index contributed by atoms with van der Waals surface area (Å²) in [7, 11) is 0. The Bertz CT molecular complexity index is 308. The van der Waals surface area contributed by atoms with Gasteiger partial charge in [-0.2, -0.15) is 24.9 Å². The fourth-order valence-electron chi connectivity index (χ4n) is 1.14. The van der Waals surface area contributed by atoms with E-state index in [2.05, 4.69) is 0 Å². The number of rotatable bonds is 5. The molecule has 0 amide bonds. The summed E-state index contributed by atoms with van der Waals surface area (Å²) >= 11 is 7.19. The van der Waals surface area contributed by atoms with Crippen molar-refractivity contribution in [3.8, 4) is 0 Å². The quantitative estimate of drug-likeness (QED) is 0.557. The molecular weight excluding hydrogens is 257 g/mol. The number of hydrogen-bond donors (Lipinski definition) is 0. The van der Waals surface area contributed by atoms with E-state index >= 15 is 0 Å². The predicted molar refractivity (Wildman–Crippen MR) is 62.9 cm³/mol. The van der Waals surface area contributed by atoms with E-state index in [0.717, 1.165) is 35.6 Å². The Morgan fingerprint density at radius 3 is 2.25 bits per heavy atom. The molecule has 0 bridgehead atoms. The van der Waals surface area contributed by atoms with Gasteiger partial charge in [-0.3, -0.25) is 0 Å². The molecule has 0 unspecified atom stereocenters. The lowest BCUT2D eigenvalue weighted by Gasteiger charge is -2.07. The van der Waals surface area contributed by atoms with E-state index in [1.807, 2.05) is 0 Å². The Morgan fingerprint density at radius 2 is 1.75 bits per heavy atom. The standard InChI is InChI=1S/C11H12ClF3S/c12-6-1-7-16-8-9-2-4-10(5-3-9)11(13,14)15/h2-5H,1,6-8H2. The molecule has 16 heavy (non-hydrogen) atoms. The summed E-state index contributed by atoms with van der Waals surface area (Å²) in [6, 6.07) is 5.29. The third-order valence-electron chi connectivity index (χ3n) is 1.97. The van der Waals surface area contributed by atoms with Crippen molar-refractivity contribution in [3.63, 3.8) is 0 Å². The maximum atomic E-state index is 12.3. The molecule has 5 heteroatoms. The van der Waals surface area contributed by atoms with Gasteiger partial charge in [0.05, 0.1) is 5.56 Å². The van der Waals surface area contributed by atoms with Gasteiger partial charge in [-0.15, -0.1) is 11.6 Å². The summed E-state index contributed by atoms with van der Waals surface area (Å²) in [5.41, 5.74) is 0.314. The van der Waals surface area contributed by atoms with Crippen LogP contribution in [0.4, 0.5) is 13.2 Å². The molecule has 0 aliphatic rings. The summed E-state index contributed by atoms with van der Waals surface area (Å²) in [5.74, 6) is 2.29. The van der Waals surface area contributed by atoms with Crippen LogP contribution in [0.15, 0.2) is 24.3 Å². The molecule has 1 aromatic rings. The first-order chi connectivity index (χ1) is 7.54. The van der Waals surface area contributed by atoms with Crippen molar-refractivity contribution < 1.29 is 13.2 Å². The minimum Gasteiger partial charge on any atom is -0.166 e. The second-order valence-electron chi connectivity index (χ2n) is 3.29. The molecule has 0 atom stereocenters. The zero-order valence-electron chi connectivity index (χ0n) is 8.56. The normalized spacial score (nSPS) is 11.8. The van der Waals surface area contributed by atoms with Crippen LogP contribution in [0.5, 0.6) is 0 Å². The second kappa shape index (κ2) is 6.40. The highest BCUT2D eigenvalue weighted by Crippen LogP contribution is 2.29. The lowest BCUT2D eigenvalue weighted by Crippen LogP contribution is -2.04. The predicted octanol–water partition coefficient (Wildman–Crippen LogP) is 4.57. The molecule has 0 nitrogen and oxygen atoms in total. The first-order valence-electron chi connectivity index (χ1n) is 4.84. The number of thioether (sulfide) groups is 1. The van der Waals surface area contributed by atoms with Gasteiger partial charge in [0, 0.05) is 11.6 Å². The van der Waals surface area contributed by atoms with Crippen LogP contribution in [-0.4, -0.2) is 11.6 Å². The van der Waals surface area contributed by atoms with Gasteiger partial charge in [-0.25, -0.2) is 0 Å². The lowest BCUT2D eigenvalue weighted by molar-refractivity contribution is -0.137. The van der Waals surface area contributed by atoms with Gasteiger partial charge in [-0.1, -0.05) is 12.1 Å². The molecule has 0 spiro atoms. The highest BCUT2D eigenvalue weighted by Gasteiger charge is 2.29. The van der Waals surface area contributed by atoms with Crippen molar-refractivity contribution in [1.29, 1.82) is 0 Å². The molecule has 0 N–H and O–H groups in total. The first kappa shape index (κ1) is 13.7. The second-order valence-corrected chi connectivity index (χ2v) is 4.77. The highest BCUT2D eigenvalue weighted by atomic mass is 35.5. The van der Waals surface area contributed by atoms with Crippen LogP contribution < -0.4 is 0 Å². The summed E-state index contributed by atoms with van der Waals surface area (Å²) in [4.78, 5) is 0. The van der Waals surface area contributed by atoms with Gasteiger partial charge >= 0.3 is 6.18 Å². The minimum atomic E-state index is -4.25. The zero-order chi connectivity index (χ0) is 12.0. The number of benzene rings is 1. The van der Waals surface area contributed by atoms with Gasteiger partial charge in [0.2, 0.25) is 0 Å².